The summed E-state index contributed by atoms with van der Waals surface area (Å²) in [6, 6.07) is 9.50. The largest absolute Gasteiger partial charge is 0.465 e. The van der Waals surface area contributed by atoms with E-state index in [0.717, 1.165) is 25.9 Å². The van der Waals surface area contributed by atoms with Crippen LogP contribution in [0.2, 0.25) is 0 Å². The number of nitrogens with one attached hydrogen (secondary N) is 1. The first-order valence-corrected chi connectivity index (χ1v) is 8.33. The molecule has 1 fully saturated rings. The van der Waals surface area contributed by atoms with Crippen molar-refractivity contribution in [2.45, 2.75) is 12.8 Å². The Morgan fingerprint density at radius 3 is 2.58 bits per heavy atom. The molecule has 1 aliphatic rings. The summed E-state index contributed by atoms with van der Waals surface area (Å²) in [7, 11) is 1.29. The summed E-state index contributed by atoms with van der Waals surface area (Å²) in [5.41, 5.74) is 1.35. The van der Waals surface area contributed by atoms with Gasteiger partial charge in [0.15, 0.2) is 0 Å². The molecule has 1 aromatic carbocycles. The molecular formula is C19H19N3O4. The van der Waals surface area contributed by atoms with Gasteiger partial charge in [0, 0.05) is 30.5 Å². The Kier molecular flexibility index (Phi) is 5.26. The van der Waals surface area contributed by atoms with Crippen molar-refractivity contribution >= 4 is 23.5 Å². The molecule has 0 aliphatic carbocycles. The molecule has 2 amide bonds. The van der Waals surface area contributed by atoms with E-state index >= 15 is 0 Å². The van der Waals surface area contributed by atoms with E-state index in [4.69, 9.17) is 0 Å². The number of amides is 2. The van der Waals surface area contributed by atoms with Crippen LogP contribution < -0.4 is 5.32 Å². The quantitative estimate of drug-likeness (QED) is 0.853. The minimum absolute atomic E-state index is 0.0911. The second-order valence-electron chi connectivity index (χ2n) is 5.96. The highest BCUT2D eigenvalue weighted by Crippen LogP contribution is 2.15. The number of carbonyl (C=O) groups is 3. The van der Waals surface area contributed by atoms with Gasteiger partial charge >= 0.3 is 5.97 Å². The summed E-state index contributed by atoms with van der Waals surface area (Å²) in [6.45, 7) is 1.48. The van der Waals surface area contributed by atoms with E-state index in [1.54, 1.807) is 29.2 Å². The van der Waals surface area contributed by atoms with Gasteiger partial charge in [-0.2, -0.15) is 0 Å². The van der Waals surface area contributed by atoms with Crippen molar-refractivity contribution in [2.75, 3.05) is 25.5 Å². The molecule has 0 spiro atoms. The lowest BCUT2D eigenvalue weighted by Gasteiger charge is -2.15. The molecular weight excluding hydrogens is 334 g/mol. The van der Waals surface area contributed by atoms with Gasteiger partial charge in [0.1, 0.15) is 5.69 Å². The van der Waals surface area contributed by atoms with Crippen molar-refractivity contribution < 1.29 is 19.1 Å². The summed E-state index contributed by atoms with van der Waals surface area (Å²) in [5.74, 6) is -1.04. The average molecular weight is 353 g/mol. The van der Waals surface area contributed by atoms with Gasteiger partial charge in [0.2, 0.25) is 0 Å². The fourth-order valence-electron chi connectivity index (χ4n) is 2.83. The smallest absolute Gasteiger partial charge is 0.337 e. The number of pyridine rings is 1. The standard InChI is InChI=1S/C19H19N3O4/c1-26-19(25)14-5-4-6-15(11-14)21-17(23)16-12-13(7-8-20-16)18(24)22-9-2-3-10-22/h4-8,11-12H,2-3,9-10H2,1H3,(H,21,23). The minimum Gasteiger partial charge on any atom is -0.465 e. The Morgan fingerprint density at radius 1 is 1.08 bits per heavy atom. The van der Waals surface area contributed by atoms with Gasteiger partial charge < -0.3 is 15.0 Å². The SMILES string of the molecule is COC(=O)c1cccc(NC(=O)c2cc(C(=O)N3CCCC3)ccn2)c1. The average Bonchev–Trinajstić information content (AvgIpc) is 3.22. The molecule has 1 aliphatic heterocycles. The van der Waals surface area contributed by atoms with Crippen molar-refractivity contribution in [3.05, 3.63) is 59.4 Å². The van der Waals surface area contributed by atoms with E-state index in [0.29, 0.717) is 16.8 Å². The number of methoxy groups -OCH3 is 1. The van der Waals surface area contributed by atoms with Gasteiger partial charge in [-0.1, -0.05) is 6.07 Å². The molecule has 1 aromatic heterocycles. The molecule has 0 saturated carbocycles. The number of esters is 1. The predicted octanol–water partition coefficient (Wildman–Crippen LogP) is 2.36. The van der Waals surface area contributed by atoms with Crippen molar-refractivity contribution in [3.63, 3.8) is 0 Å². The lowest BCUT2D eigenvalue weighted by atomic mass is 10.1. The van der Waals surface area contributed by atoms with Crippen LogP contribution in [-0.2, 0) is 4.74 Å². The lowest BCUT2D eigenvalue weighted by molar-refractivity contribution is 0.0600. The summed E-state index contributed by atoms with van der Waals surface area (Å²) in [5, 5.41) is 2.68. The highest BCUT2D eigenvalue weighted by Gasteiger charge is 2.20. The molecule has 1 N–H and O–H groups in total. The highest BCUT2D eigenvalue weighted by atomic mass is 16.5. The van der Waals surface area contributed by atoms with E-state index < -0.39 is 11.9 Å². The number of anilines is 1. The molecule has 0 radical (unpaired) electrons. The maximum absolute atomic E-state index is 12.4. The molecule has 134 valence electrons. The van der Waals surface area contributed by atoms with Crippen LogP contribution in [0.25, 0.3) is 0 Å². The van der Waals surface area contributed by atoms with Crippen LogP contribution in [0.3, 0.4) is 0 Å². The number of benzene rings is 1. The number of aromatic nitrogens is 1. The summed E-state index contributed by atoms with van der Waals surface area (Å²) < 4.78 is 4.67. The fraction of sp³-hybridized carbons (Fsp3) is 0.263. The summed E-state index contributed by atoms with van der Waals surface area (Å²) in [4.78, 5) is 42.3. The van der Waals surface area contributed by atoms with Gasteiger partial charge in [-0.3, -0.25) is 14.6 Å². The number of nitrogens with zero attached hydrogens (tertiary/aromatic N) is 2. The van der Waals surface area contributed by atoms with Crippen LogP contribution >= 0.6 is 0 Å². The number of rotatable bonds is 4. The highest BCUT2D eigenvalue weighted by molar-refractivity contribution is 6.05. The molecule has 0 atom stereocenters. The lowest BCUT2D eigenvalue weighted by Crippen LogP contribution is -2.28. The Bertz CT molecular complexity index is 844. The van der Waals surface area contributed by atoms with E-state index in [1.807, 2.05) is 0 Å². The zero-order valence-electron chi connectivity index (χ0n) is 14.4. The maximum atomic E-state index is 12.4. The van der Waals surface area contributed by atoms with Gasteiger partial charge in [-0.25, -0.2) is 4.79 Å². The van der Waals surface area contributed by atoms with Crippen LogP contribution in [0.5, 0.6) is 0 Å². The zero-order valence-corrected chi connectivity index (χ0v) is 14.4. The van der Waals surface area contributed by atoms with Crippen LogP contribution in [-0.4, -0.2) is 47.9 Å². The first-order valence-electron chi connectivity index (χ1n) is 8.33. The second kappa shape index (κ2) is 7.77. The van der Waals surface area contributed by atoms with Crippen molar-refractivity contribution in [3.8, 4) is 0 Å². The van der Waals surface area contributed by atoms with E-state index in [1.165, 1.54) is 25.4 Å². The number of hydrogen-bond acceptors (Lipinski definition) is 5. The Balaban J connectivity index is 1.75. The monoisotopic (exact) mass is 353 g/mol. The molecule has 26 heavy (non-hydrogen) atoms. The van der Waals surface area contributed by atoms with E-state index in [2.05, 4.69) is 15.0 Å². The van der Waals surface area contributed by atoms with E-state index in [9.17, 15) is 14.4 Å². The van der Waals surface area contributed by atoms with E-state index in [-0.39, 0.29) is 11.6 Å². The van der Waals surface area contributed by atoms with Gasteiger partial charge in [-0.05, 0) is 43.2 Å². The summed E-state index contributed by atoms with van der Waals surface area (Å²) in [6.07, 6.45) is 3.45. The fourth-order valence-corrected chi connectivity index (χ4v) is 2.83. The van der Waals surface area contributed by atoms with Gasteiger partial charge in [0.05, 0.1) is 12.7 Å². The van der Waals surface area contributed by atoms with Crippen molar-refractivity contribution in [1.82, 2.24) is 9.88 Å². The molecule has 2 heterocycles. The molecule has 7 nitrogen and oxygen atoms in total. The summed E-state index contributed by atoms with van der Waals surface area (Å²) >= 11 is 0. The molecule has 1 saturated heterocycles. The first kappa shape index (κ1) is 17.6. The maximum Gasteiger partial charge on any atom is 0.337 e. The van der Waals surface area contributed by atoms with Gasteiger partial charge in [0.25, 0.3) is 11.8 Å². The normalized spacial score (nSPS) is 13.3. The number of hydrogen-bond donors (Lipinski definition) is 1. The van der Waals surface area contributed by atoms with Crippen LogP contribution in [0.15, 0.2) is 42.6 Å². The zero-order chi connectivity index (χ0) is 18.5. The molecule has 0 bridgehead atoms. The third-order valence-corrected chi connectivity index (χ3v) is 4.17. The number of ether oxygens (including phenoxy) is 1. The number of likely N-dealkylation sites (tertiary alicyclic amines) is 1. The second-order valence-corrected chi connectivity index (χ2v) is 5.96. The Hall–Kier alpha value is -3.22. The van der Waals surface area contributed by atoms with Crippen LogP contribution in [0.4, 0.5) is 5.69 Å². The third kappa shape index (κ3) is 3.88. The Labute approximate surface area is 151 Å². The third-order valence-electron chi connectivity index (χ3n) is 4.17. The molecule has 3 rings (SSSR count). The molecule has 7 heteroatoms. The number of carbonyl (C=O) groups excluding carboxylic acids is 3. The van der Waals surface area contributed by atoms with Gasteiger partial charge in [-0.15, -0.1) is 0 Å². The predicted molar refractivity (Wildman–Crippen MR) is 95.1 cm³/mol. The first-order chi connectivity index (χ1) is 12.6. The van der Waals surface area contributed by atoms with Crippen molar-refractivity contribution in [2.24, 2.45) is 0 Å². The molecule has 0 unspecified atom stereocenters. The van der Waals surface area contributed by atoms with Crippen molar-refractivity contribution in [1.29, 1.82) is 0 Å². The van der Waals surface area contributed by atoms with Crippen LogP contribution in [0.1, 0.15) is 44.0 Å². The minimum atomic E-state index is -0.488. The topological polar surface area (TPSA) is 88.6 Å². The van der Waals surface area contributed by atoms with Crippen LogP contribution in [0, 0.1) is 0 Å². The molecule has 2 aromatic rings. The Morgan fingerprint density at radius 2 is 1.85 bits per heavy atom.